The number of anilines is 1. The van der Waals surface area contributed by atoms with Crippen molar-refractivity contribution in [3.8, 4) is 11.5 Å². The van der Waals surface area contributed by atoms with Gasteiger partial charge in [0.1, 0.15) is 11.5 Å². The van der Waals surface area contributed by atoms with E-state index < -0.39 is 6.04 Å². The Balaban J connectivity index is 1.49. The Hall–Kier alpha value is -3.76. The van der Waals surface area contributed by atoms with Crippen molar-refractivity contribution >= 4 is 34.4 Å². The van der Waals surface area contributed by atoms with Crippen molar-refractivity contribution in [3.63, 3.8) is 0 Å². The summed E-state index contributed by atoms with van der Waals surface area (Å²) < 4.78 is 16.1. The maximum atomic E-state index is 13.8. The molecule has 1 fully saturated rings. The van der Waals surface area contributed by atoms with Crippen molar-refractivity contribution in [1.29, 1.82) is 0 Å². The third-order valence-corrected chi connectivity index (χ3v) is 7.59. The minimum Gasteiger partial charge on any atom is -0.497 e. The Bertz CT molecular complexity index is 1310. The normalized spacial score (nSPS) is 19.0. The molecule has 198 valence electrons. The number of hydrogen-bond donors (Lipinski definition) is 1. The second-order valence-electron chi connectivity index (χ2n) is 9.02. The SMILES string of the molecule is COc1ccc(NC(=O)C2=C(C)N=C3SC=C(CC(=O)N4CCOCC4)N3C2c2cccc(OC)c2)cc1. The van der Waals surface area contributed by atoms with Crippen molar-refractivity contribution in [2.24, 2.45) is 4.99 Å². The molecule has 0 aromatic heterocycles. The van der Waals surface area contributed by atoms with Crippen LogP contribution in [-0.2, 0) is 14.3 Å². The van der Waals surface area contributed by atoms with E-state index >= 15 is 0 Å². The maximum absolute atomic E-state index is 13.8. The first-order valence-corrected chi connectivity index (χ1v) is 13.3. The molecular weight excluding hydrogens is 504 g/mol. The summed E-state index contributed by atoms with van der Waals surface area (Å²) in [6.07, 6.45) is 0.207. The number of carbonyl (C=O) groups excluding carboxylic acids is 2. The molecule has 2 amide bonds. The van der Waals surface area contributed by atoms with Crippen LogP contribution < -0.4 is 14.8 Å². The minimum absolute atomic E-state index is 0.0290. The minimum atomic E-state index is -0.491. The lowest BCUT2D eigenvalue weighted by atomic mass is 9.93. The van der Waals surface area contributed by atoms with Gasteiger partial charge in [0.2, 0.25) is 5.91 Å². The molecule has 9 nitrogen and oxygen atoms in total. The van der Waals surface area contributed by atoms with E-state index in [4.69, 9.17) is 19.2 Å². The fourth-order valence-electron chi connectivity index (χ4n) is 4.74. The molecule has 0 saturated carbocycles. The van der Waals surface area contributed by atoms with Crippen LogP contribution in [0.1, 0.15) is 24.9 Å². The number of thioether (sulfide) groups is 1. The average molecular weight is 535 g/mol. The van der Waals surface area contributed by atoms with Gasteiger partial charge in [-0.25, -0.2) is 4.99 Å². The molecule has 3 aliphatic heterocycles. The summed E-state index contributed by atoms with van der Waals surface area (Å²) >= 11 is 1.46. The zero-order valence-corrected chi connectivity index (χ0v) is 22.4. The lowest BCUT2D eigenvalue weighted by Crippen LogP contribution is -2.42. The molecule has 0 spiro atoms. The maximum Gasteiger partial charge on any atom is 0.255 e. The fraction of sp³-hybridized carbons (Fsp3) is 0.321. The first-order chi connectivity index (χ1) is 18.5. The number of aliphatic imine (C=N–C) groups is 1. The van der Waals surface area contributed by atoms with E-state index in [0.29, 0.717) is 54.8 Å². The van der Waals surface area contributed by atoms with Crippen LogP contribution >= 0.6 is 11.8 Å². The summed E-state index contributed by atoms with van der Waals surface area (Å²) in [5, 5.41) is 5.71. The van der Waals surface area contributed by atoms with Crippen LogP contribution in [0, 0.1) is 0 Å². The zero-order valence-electron chi connectivity index (χ0n) is 21.6. The molecule has 10 heteroatoms. The number of nitrogens with zero attached hydrogens (tertiary/aromatic N) is 3. The smallest absolute Gasteiger partial charge is 0.255 e. The van der Waals surface area contributed by atoms with Gasteiger partial charge in [-0.3, -0.25) is 9.59 Å². The largest absolute Gasteiger partial charge is 0.497 e. The van der Waals surface area contributed by atoms with Crippen LogP contribution in [0.25, 0.3) is 0 Å². The van der Waals surface area contributed by atoms with Crippen LogP contribution in [-0.4, -0.2) is 67.3 Å². The lowest BCUT2D eigenvalue weighted by Gasteiger charge is -2.37. The number of rotatable bonds is 7. The number of fused-ring (bicyclic) bond motifs is 1. The van der Waals surface area contributed by atoms with Gasteiger partial charge in [-0.05, 0) is 54.3 Å². The average Bonchev–Trinajstić information content (AvgIpc) is 3.34. The number of amides is 2. The number of ether oxygens (including phenoxy) is 3. The molecule has 1 N–H and O–H groups in total. The monoisotopic (exact) mass is 534 g/mol. The predicted octanol–water partition coefficient (Wildman–Crippen LogP) is 4.17. The van der Waals surface area contributed by atoms with Gasteiger partial charge in [0.05, 0.1) is 51.2 Å². The third-order valence-electron chi connectivity index (χ3n) is 6.70. The molecule has 0 bridgehead atoms. The number of carbonyl (C=O) groups is 2. The number of hydrogen-bond acceptors (Lipinski definition) is 8. The molecule has 0 radical (unpaired) electrons. The number of nitrogens with one attached hydrogen (secondary N) is 1. The standard InChI is InChI=1S/C28H30N4O5S/c1-18-25(27(34)30-20-7-9-22(35-2)10-8-20)26(19-5-4-6-23(15-19)36-3)32-21(17-38-28(32)29-18)16-24(33)31-11-13-37-14-12-31/h4-10,15,17,26H,11-14,16H2,1-3H3,(H,30,34). The summed E-state index contributed by atoms with van der Waals surface area (Å²) in [5.74, 6) is 1.15. The first kappa shape index (κ1) is 25.9. The van der Waals surface area contributed by atoms with Crippen LogP contribution in [0.15, 0.2) is 75.9 Å². The quantitative estimate of drug-likeness (QED) is 0.570. The van der Waals surface area contributed by atoms with E-state index in [1.54, 1.807) is 38.5 Å². The van der Waals surface area contributed by atoms with Crippen molar-refractivity contribution in [2.75, 3.05) is 45.8 Å². The van der Waals surface area contributed by atoms with Gasteiger partial charge in [0, 0.05) is 24.5 Å². The Labute approximate surface area is 226 Å². The summed E-state index contributed by atoms with van der Waals surface area (Å²) in [6.45, 7) is 4.08. The molecule has 3 heterocycles. The molecule has 1 saturated heterocycles. The Morgan fingerprint density at radius 3 is 2.53 bits per heavy atom. The summed E-state index contributed by atoms with van der Waals surface area (Å²) in [4.78, 5) is 35.6. The van der Waals surface area contributed by atoms with Crippen LogP contribution in [0.3, 0.4) is 0 Å². The highest BCUT2D eigenvalue weighted by Crippen LogP contribution is 2.45. The highest BCUT2D eigenvalue weighted by Gasteiger charge is 2.41. The van der Waals surface area contributed by atoms with Gasteiger partial charge in [0.15, 0.2) is 5.17 Å². The Morgan fingerprint density at radius 1 is 1.08 bits per heavy atom. The summed E-state index contributed by atoms with van der Waals surface area (Å²) in [7, 11) is 3.21. The third kappa shape index (κ3) is 5.27. The van der Waals surface area contributed by atoms with E-state index in [0.717, 1.165) is 16.4 Å². The van der Waals surface area contributed by atoms with Crippen LogP contribution in [0.2, 0.25) is 0 Å². The molecule has 3 aliphatic rings. The molecule has 2 aromatic carbocycles. The first-order valence-electron chi connectivity index (χ1n) is 12.4. The molecule has 38 heavy (non-hydrogen) atoms. The van der Waals surface area contributed by atoms with Crippen molar-refractivity contribution < 1.29 is 23.8 Å². The highest BCUT2D eigenvalue weighted by atomic mass is 32.2. The topological polar surface area (TPSA) is 92.7 Å². The molecule has 1 unspecified atom stereocenters. The van der Waals surface area contributed by atoms with Crippen molar-refractivity contribution in [2.45, 2.75) is 19.4 Å². The van der Waals surface area contributed by atoms with Crippen LogP contribution in [0.4, 0.5) is 5.69 Å². The molecule has 2 aromatic rings. The second-order valence-corrected chi connectivity index (χ2v) is 9.86. The van der Waals surface area contributed by atoms with Crippen molar-refractivity contribution in [3.05, 3.63) is 76.5 Å². The van der Waals surface area contributed by atoms with Gasteiger partial charge < -0.3 is 29.3 Å². The van der Waals surface area contributed by atoms with E-state index in [2.05, 4.69) is 5.32 Å². The number of benzene rings is 2. The van der Waals surface area contributed by atoms with Gasteiger partial charge in [-0.15, -0.1) is 0 Å². The van der Waals surface area contributed by atoms with Gasteiger partial charge >= 0.3 is 0 Å². The number of morpholine rings is 1. The Morgan fingerprint density at radius 2 is 1.82 bits per heavy atom. The molecule has 0 aliphatic carbocycles. The lowest BCUT2D eigenvalue weighted by molar-refractivity contribution is -0.134. The van der Waals surface area contributed by atoms with Gasteiger partial charge in [-0.1, -0.05) is 23.9 Å². The van der Waals surface area contributed by atoms with Crippen LogP contribution in [0.5, 0.6) is 11.5 Å². The number of amidine groups is 1. The summed E-state index contributed by atoms with van der Waals surface area (Å²) in [5.41, 5.74) is 3.44. The molecule has 1 atom stereocenters. The highest BCUT2D eigenvalue weighted by molar-refractivity contribution is 8.16. The van der Waals surface area contributed by atoms with Crippen molar-refractivity contribution in [1.82, 2.24) is 9.80 Å². The fourth-order valence-corrected chi connectivity index (χ4v) is 5.70. The zero-order chi connectivity index (χ0) is 26.6. The molecule has 5 rings (SSSR count). The van der Waals surface area contributed by atoms with Gasteiger partial charge in [0.25, 0.3) is 5.91 Å². The number of allylic oxidation sites excluding steroid dienone is 1. The Kier molecular flexibility index (Phi) is 7.71. The van der Waals surface area contributed by atoms with E-state index in [1.807, 2.05) is 46.4 Å². The molecular formula is C28H30N4O5S. The van der Waals surface area contributed by atoms with Gasteiger partial charge in [-0.2, -0.15) is 0 Å². The summed E-state index contributed by atoms with van der Waals surface area (Å²) in [6, 6.07) is 14.3. The van der Waals surface area contributed by atoms with E-state index in [1.165, 1.54) is 11.8 Å². The second kappa shape index (κ2) is 11.3. The predicted molar refractivity (Wildman–Crippen MR) is 147 cm³/mol. The van der Waals surface area contributed by atoms with E-state index in [9.17, 15) is 9.59 Å². The van der Waals surface area contributed by atoms with E-state index in [-0.39, 0.29) is 18.2 Å². The number of methoxy groups -OCH3 is 2.